The van der Waals surface area contributed by atoms with Gasteiger partial charge in [0.25, 0.3) is 5.91 Å². The van der Waals surface area contributed by atoms with Crippen LogP contribution in [-0.2, 0) is 9.53 Å². The molecule has 2 saturated heterocycles. The SMILES string of the molecule is CN(C)c1nccc(-c2cn[nH]c2[C@@H]2CCCN2C(=O)[C@@H]2CCCO2)n1. The van der Waals surface area contributed by atoms with Gasteiger partial charge in [0.05, 0.1) is 23.6 Å². The molecule has 2 aromatic heterocycles. The highest BCUT2D eigenvalue weighted by atomic mass is 16.5. The van der Waals surface area contributed by atoms with Gasteiger partial charge in [0, 0.05) is 39.0 Å². The van der Waals surface area contributed by atoms with Gasteiger partial charge in [-0.15, -0.1) is 0 Å². The Hall–Kier alpha value is -2.48. The van der Waals surface area contributed by atoms with Crippen molar-refractivity contribution in [3.8, 4) is 11.3 Å². The highest BCUT2D eigenvalue weighted by molar-refractivity contribution is 5.82. The summed E-state index contributed by atoms with van der Waals surface area (Å²) < 4.78 is 5.61. The van der Waals surface area contributed by atoms with E-state index in [1.807, 2.05) is 30.0 Å². The zero-order chi connectivity index (χ0) is 18.1. The van der Waals surface area contributed by atoms with Gasteiger partial charge in [-0.05, 0) is 31.7 Å². The number of anilines is 1. The molecular weight excluding hydrogens is 332 g/mol. The zero-order valence-electron chi connectivity index (χ0n) is 15.2. The Morgan fingerprint density at radius 2 is 2.23 bits per heavy atom. The Morgan fingerprint density at radius 3 is 3.00 bits per heavy atom. The number of carbonyl (C=O) groups is 1. The molecule has 0 radical (unpaired) electrons. The van der Waals surface area contributed by atoms with Crippen LogP contribution in [-0.4, -0.2) is 64.3 Å². The van der Waals surface area contributed by atoms with Gasteiger partial charge in [-0.25, -0.2) is 9.97 Å². The summed E-state index contributed by atoms with van der Waals surface area (Å²) in [6.07, 6.45) is 6.91. The topological polar surface area (TPSA) is 87.2 Å². The Balaban J connectivity index is 1.63. The third-order valence-corrected chi connectivity index (χ3v) is 5.06. The number of aromatic nitrogens is 4. The molecule has 0 bridgehead atoms. The lowest BCUT2D eigenvalue weighted by atomic mass is 10.0. The second-order valence-electron chi connectivity index (χ2n) is 7.02. The van der Waals surface area contributed by atoms with Crippen LogP contribution in [0, 0.1) is 0 Å². The second kappa shape index (κ2) is 7.03. The van der Waals surface area contributed by atoms with Gasteiger partial charge in [0.15, 0.2) is 0 Å². The number of rotatable bonds is 4. The van der Waals surface area contributed by atoms with E-state index in [9.17, 15) is 4.79 Å². The van der Waals surface area contributed by atoms with Gasteiger partial charge in [0.1, 0.15) is 6.10 Å². The first-order chi connectivity index (χ1) is 12.6. The Morgan fingerprint density at radius 1 is 1.35 bits per heavy atom. The third kappa shape index (κ3) is 3.05. The molecule has 2 fully saturated rings. The number of ether oxygens (including phenoxy) is 1. The van der Waals surface area contributed by atoms with Crippen LogP contribution >= 0.6 is 0 Å². The smallest absolute Gasteiger partial charge is 0.252 e. The van der Waals surface area contributed by atoms with Crippen molar-refractivity contribution in [2.75, 3.05) is 32.1 Å². The first-order valence-electron chi connectivity index (χ1n) is 9.11. The highest BCUT2D eigenvalue weighted by Gasteiger charge is 2.37. The molecule has 8 heteroatoms. The zero-order valence-corrected chi connectivity index (χ0v) is 15.2. The number of hydrogen-bond donors (Lipinski definition) is 1. The fourth-order valence-corrected chi connectivity index (χ4v) is 3.76. The van der Waals surface area contributed by atoms with Crippen molar-refractivity contribution in [2.24, 2.45) is 0 Å². The number of nitrogens with zero attached hydrogens (tertiary/aromatic N) is 5. The maximum absolute atomic E-state index is 12.9. The quantitative estimate of drug-likeness (QED) is 0.898. The van der Waals surface area contributed by atoms with Gasteiger partial charge in [-0.3, -0.25) is 9.89 Å². The van der Waals surface area contributed by atoms with Crippen molar-refractivity contribution in [1.82, 2.24) is 25.1 Å². The van der Waals surface area contributed by atoms with Crippen LogP contribution in [0.15, 0.2) is 18.5 Å². The van der Waals surface area contributed by atoms with Crippen LogP contribution in [0.1, 0.15) is 37.4 Å². The molecule has 0 aromatic carbocycles. The summed E-state index contributed by atoms with van der Waals surface area (Å²) >= 11 is 0. The van der Waals surface area contributed by atoms with Gasteiger partial charge >= 0.3 is 0 Å². The number of amides is 1. The van der Waals surface area contributed by atoms with E-state index in [0.29, 0.717) is 12.6 Å². The van der Waals surface area contributed by atoms with Crippen LogP contribution in [0.3, 0.4) is 0 Å². The first kappa shape index (κ1) is 17.0. The molecule has 4 heterocycles. The van der Waals surface area contributed by atoms with Crippen molar-refractivity contribution in [3.05, 3.63) is 24.2 Å². The van der Waals surface area contributed by atoms with E-state index in [1.165, 1.54) is 0 Å². The van der Waals surface area contributed by atoms with E-state index in [-0.39, 0.29) is 18.1 Å². The summed E-state index contributed by atoms with van der Waals surface area (Å²) in [6.45, 7) is 1.44. The predicted molar refractivity (Wildman–Crippen MR) is 96.6 cm³/mol. The molecule has 2 aliphatic rings. The number of nitrogens with one attached hydrogen (secondary N) is 1. The number of likely N-dealkylation sites (tertiary alicyclic amines) is 1. The summed E-state index contributed by atoms with van der Waals surface area (Å²) in [6, 6.07) is 1.87. The van der Waals surface area contributed by atoms with Gasteiger partial charge in [-0.1, -0.05) is 0 Å². The molecule has 26 heavy (non-hydrogen) atoms. The summed E-state index contributed by atoms with van der Waals surface area (Å²) in [7, 11) is 3.82. The normalized spacial score (nSPS) is 22.8. The molecule has 2 atom stereocenters. The van der Waals surface area contributed by atoms with E-state index in [0.717, 1.165) is 49.2 Å². The van der Waals surface area contributed by atoms with Crippen LogP contribution in [0.2, 0.25) is 0 Å². The number of aromatic amines is 1. The molecule has 2 aliphatic heterocycles. The molecule has 1 N–H and O–H groups in total. The number of carbonyl (C=O) groups excluding carboxylic acids is 1. The molecule has 4 rings (SSSR count). The predicted octanol–water partition coefficient (Wildman–Crippen LogP) is 1.78. The lowest BCUT2D eigenvalue weighted by Crippen LogP contribution is -2.38. The Labute approximate surface area is 152 Å². The molecule has 8 nitrogen and oxygen atoms in total. The highest BCUT2D eigenvalue weighted by Crippen LogP contribution is 2.37. The minimum Gasteiger partial charge on any atom is -0.368 e. The largest absolute Gasteiger partial charge is 0.368 e. The maximum Gasteiger partial charge on any atom is 0.252 e. The summed E-state index contributed by atoms with van der Waals surface area (Å²) in [4.78, 5) is 25.6. The minimum absolute atomic E-state index is 0.0121. The van der Waals surface area contributed by atoms with E-state index in [4.69, 9.17) is 4.74 Å². The van der Waals surface area contributed by atoms with E-state index in [2.05, 4.69) is 20.2 Å². The molecule has 0 spiro atoms. The van der Waals surface area contributed by atoms with Crippen molar-refractivity contribution < 1.29 is 9.53 Å². The lowest BCUT2D eigenvalue weighted by molar-refractivity contribution is -0.142. The third-order valence-electron chi connectivity index (χ3n) is 5.06. The van der Waals surface area contributed by atoms with E-state index in [1.54, 1.807) is 12.4 Å². The van der Waals surface area contributed by atoms with Gasteiger partial charge in [0.2, 0.25) is 5.95 Å². The minimum atomic E-state index is -0.290. The average Bonchev–Trinajstić information content (AvgIpc) is 3.41. The molecule has 1 amide bonds. The summed E-state index contributed by atoms with van der Waals surface area (Å²) in [5.41, 5.74) is 2.67. The second-order valence-corrected chi connectivity index (χ2v) is 7.02. The van der Waals surface area contributed by atoms with Crippen molar-refractivity contribution in [2.45, 2.75) is 37.8 Å². The molecule has 0 aliphatic carbocycles. The van der Waals surface area contributed by atoms with Crippen LogP contribution in [0.4, 0.5) is 5.95 Å². The fraction of sp³-hybridized carbons (Fsp3) is 0.556. The number of hydrogen-bond acceptors (Lipinski definition) is 6. The lowest BCUT2D eigenvalue weighted by Gasteiger charge is -2.27. The molecule has 0 saturated carbocycles. The maximum atomic E-state index is 12.9. The van der Waals surface area contributed by atoms with Crippen LogP contribution in [0.5, 0.6) is 0 Å². The van der Waals surface area contributed by atoms with Crippen molar-refractivity contribution >= 4 is 11.9 Å². The van der Waals surface area contributed by atoms with Crippen molar-refractivity contribution in [3.63, 3.8) is 0 Å². The molecule has 0 unspecified atom stereocenters. The molecule has 2 aromatic rings. The van der Waals surface area contributed by atoms with E-state index >= 15 is 0 Å². The first-order valence-corrected chi connectivity index (χ1v) is 9.11. The summed E-state index contributed by atoms with van der Waals surface area (Å²) in [5, 5.41) is 7.35. The Kier molecular flexibility index (Phi) is 4.58. The van der Waals surface area contributed by atoms with Crippen LogP contribution < -0.4 is 4.90 Å². The van der Waals surface area contributed by atoms with Crippen LogP contribution in [0.25, 0.3) is 11.3 Å². The molecule has 138 valence electrons. The Bertz CT molecular complexity index is 783. The average molecular weight is 356 g/mol. The standard InChI is InChI=1S/C18H24N6O2/c1-23(2)18-19-8-7-13(21-18)12-11-20-22-16(12)14-5-3-9-24(14)17(25)15-6-4-10-26-15/h7-8,11,14-15H,3-6,9-10H2,1-2H3,(H,20,22)/t14-,15-/m0/s1. The number of H-pyrrole nitrogens is 1. The summed E-state index contributed by atoms with van der Waals surface area (Å²) in [5.74, 6) is 0.746. The monoisotopic (exact) mass is 356 g/mol. The molecular formula is C18H24N6O2. The fourth-order valence-electron chi connectivity index (χ4n) is 3.76. The van der Waals surface area contributed by atoms with Gasteiger partial charge < -0.3 is 14.5 Å². The van der Waals surface area contributed by atoms with Crippen molar-refractivity contribution in [1.29, 1.82) is 0 Å². The van der Waals surface area contributed by atoms with Gasteiger partial charge in [-0.2, -0.15) is 5.10 Å². The van der Waals surface area contributed by atoms with E-state index < -0.39 is 0 Å².